The molecule has 2 aromatic carbocycles. The SMILES string of the molecule is C[C@H]1CCc2c(sc3ncnc(Nc4ccc(OCc5ccc(Cl)cc5)cc4)c23)C1. The predicted octanol–water partition coefficient (Wildman–Crippen LogP) is 6.79. The molecule has 0 bridgehead atoms. The molecule has 30 heavy (non-hydrogen) atoms. The average Bonchev–Trinajstić information content (AvgIpc) is 3.13. The quantitative estimate of drug-likeness (QED) is 0.374. The van der Waals surface area contributed by atoms with Crippen LogP contribution in [0, 0.1) is 5.92 Å². The van der Waals surface area contributed by atoms with E-state index in [4.69, 9.17) is 16.3 Å². The Morgan fingerprint density at radius 3 is 2.70 bits per heavy atom. The lowest BCUT2D eigenvalue weighted by Crippen LogP contribution is -2.09. The molecule has 0 saturated heterocycles. The first-order chi connectivity index (χ1) is 14.7. The molecule has 0 aliphatic heterocycles. The lowest BCUT2D eigenvalue weighted by molar-refractivity contribution is 0.306. The number of fused-ring (bicyclic) bond motifs is 3. The molecule has 0 saturated carbocycles. The van der Waals surface area contributed by atoms with Crippen LogP contribution >= 0.6 is 22.9 Å². The van der Waals surface area contributed by atoms with Gasteiger partial charge in [0, 0.05) is 15.6 Å². The summed E-state index contributed by atoms with van der Waals surface area (Å²) < 4.78 is 5.88. The topological polar surface area (TPSA) is 47.0 Å². The number of benzene rings is 2. The zero-order chi connectivity index (χ0) is 20.5. The Balaban J connectivity index is 1.32. The molecule has 0 amide bonds. The molecule has 152 valence electrons. The Kier molecular flexibility index (Phi) is 5.32. The number of aromatic nitrogens is 2. The zero-order valence-electron chi connectivity index (χ0n) is 16.7. The van der Waals surface area contributed by atoms with Crippen molar-refractivity contribution in [3.8, 4) is 5.75 Å². The van der Waals surface area contributed by atoms with Crippen LogP contribution in [0.5, 0.6) is 5.75 Å². The predicted molar refractivity (Wildman–Crippen MR) is 124 cm³/mol. The average molecular weight is 436 g/mol. The molecule has 0 fully saturated rings. The molecule has 2 aromatic heterocycles. The van der Waals surface area contributed by atoms with Crippen LogP contribution in [-0.4, -0.2) is 9.97 Å². The number of hydrogen-bond acceptors (Lipinski definition) is 5. The molecule has 1 N–H and O–H groups in total. The molecule has 4 nitrogen and oxygen atoms in total. The minimum Gasteiger partial charge on any atom is -0.489 e. The van der Waals surface area contributed by atoms with E-state index in [0.717, 1.165) is 51.4 Å². The highest BCUT2D eigenvalue weighted by Gasteiger charge is 2.23. The van der Waals surface area contributed by atoms with Gasteiger partial charge in [-0.25, -0.2) is 9.97 Å². The van der Waals surface area contributed by atoms with Crippen LogP contribution in [0.3, 0.4) is 0 Å². The first-order valence-corrected chi connectivity index (χ1v) is 11.3. The number of hydrogen-bond donors (Lipinski definition) is 1. The smallest absolute Gasteiger partial charge is 0.142 e. The Morgan fingerprint density at radius 1 is 1.10 bits per heavy atom. The fraction of sp³-hybridized carbons (Fsp3) is 0.250. The van der Waals surface area contributed by atoms with Crippen molar-refractivity contribution in [2.45, 2.75) is 32.8 Å². The van der Waals surface area contributed by atoms with Crippen molar-refractivity contribution < 1.29 is 4.74 Å². The van der Waals surface area contributed by atoms with E-state index in [2.05, 4.69) is 22.2 Å². The van der Waals surface area contributed by atoms with Gasteiger partial charge in [0.2, 0.25) is 0 Å². The normalized spacial score (nSPS) is 15.7. The molecule has 4 aromatic rings. The number of thiophene rings is 1. The Hall–Kier alpha value is -2.63. The van der Waals surface area contributed by atoms with Gasteiger partial charge < -0.3 is 10.1 Å². The number of anilines is 2. The molecule has 0 unspecified atom stereocenters. The van der Waals surface area contributed by atoms with Gasteiger partial charge >= 0.3 is 0 Å². The standard InChI is InChI=1S/C24H22ClN3OS/c1-15-2-11-20-21(12-15)30-24-22(20)23(26-14-27-24)28-18-7-9-19(10-8-18)29-13-16-3-5-17(25)6-4-16/h3-10,14-15H,2,11-13H2,1H3,(H,26,27,28)/t15-/m0/s1. The maximum absolute atomic E-state index is 5.93. The van der Waals surface area contributed by atoms with Gasteiger partial charge in [0.25, 0.3) is 0 Å². The Bertz CT molecular complexity index is 1170. The molecular formula is C24H22ClN3OS. The number of aryl methyl sites for hydroxylation is 1. The highest BCUT2D eigenvalue weighted by molar-refractivity contribution is 7.19. The van der Waals surface area contributed by atoms with E-state index in [9.17, 15) is 0 Å². The highest BCUT2D eigenvalue weighted by atomic mass is 35.5. The van der Waals surface area contributed by atoms with Crippen molar-refractivity contribution >= 4 is 44.7 Å². The van der Waals surface area contributed by atoms with Gasteiger partial charge in [-0.05, 0) is 72.7 Å². The lowest BCUT2D eigenvalue weighted by Gasteiger charge is -2.18. The fourth-order valence-electron chi connectivity index (χ4n) is 3.89. The van der Waals surface area contributed by atoms with Crippen LogP contribution in [0.2, 0.25) is 5.02 Å². The molecule has 0 radical (unpaired) electrons. The largest absolute Gasteiger partial charge is 0.489 e. The first kappa shape index (κ1) is 19.3. The molecule has 0 spiro atoms. The monoisotopic (exact) mass is 435 g/mol. The minimum absolute atomic E-state index is 0.510. The number of nitrogens with one attached hydrogen (secondary N) is 1. The van der Waals surface area contributed by atoms with Crippen LogP contribution < -0.4 is 10.1 Å². The zero-order valence-corrected chi connectivity index (χ0v) is 18.3. The summed E-state index contributed by atoms with van der Waals surface area (Å²) in [6.07, 6.45) is 5.14. The van der Waals surface area contributed by atoms with E-state index in [1.807, 2.05) is 59.9 Å². The summed E-state index contributed by atoms with van der Waals surface area (Å²) in [6.45, 7) is 2.84. The summed E-state index contributed by atoms with van der Waals surface area (Å²) in [7, 11) is 0. The molecular weight excluding hydrogens is 414 g/mol. The first-order valence-electron chi connectivity index (χ1n) is 10.2. The summed E-state index contributed by atoms with van der Waals surface area (Å²) in [4.78, 5) is 11.6. The van der Waals surface area contributed by atoms with Crippen LogP contribution in [0.15, 0.2) is 54.9 Å². The lowest BCUT2D eigenvalue weighted by atomic mass is 9.89. The van der Waals surface area contributed by atoms with Gasteiger partial charge in [0.15, 0.2) is 0 Å². The van der Waals surface area contributed by atoms with E-state index in [1.54, 1.807) is 6.33 Å². The van der Waals surface area contributed by atoms with Crippen molar-refractivity contribution in [3.63, 3.8) is 0 Å². The Labute approximate surface area is 184 Å². The summed E-state index contributed by atoms with van der Waals surface area (Å²) >= 11 is 7.75. The molecule has 6 heteroatoms. The molecule has 1 atom stereocenters. The second-order valence-corrected chi connectivity index (χ2v) is 9.34. The van der Waals surface area contributed by atoms with Crippen LogP contribution in [0.4, 0.5) is 11.5 Å². The van der Waals surface area contributed by atoms with Crippen molar-refractivity contribution in [2.24, 2.45) is 5.92 Å². The molecule has 1 aliphatic rings. The van der Waals surface area contributed by atoms with Gasteiger partial charge in [0.05, 0.1) is 5.39 Å². The van der Waals surface area contributed by atoms with Crippen molar-refractivity contribution in [2.75, 3.05) is 5.32 Å². The number of nitrogens with zero attached hydrogens (tertiary/aromatic N) is 2. The van der Waals surface area contributed by atoms with Gasteiger partial charge in [-0.2, -0.15) is 0 Å². The summed E-state index contributed by atoms with van der Waals surface area (Å²) in [5.74, 6) is 2.46. The van der Waals surface area contributed by atoms with E-state index in [1.165, 1.54) is 22.2 Å². The molecule has 1 aliphatic carbocycles. The molecule has 5 rings (SSSR count). The van der Waals surface area contributed by atoms with Crippen molar-refractivity contribution in [1.82, 2.24) is 9.97 Å². The second kappa shape index (κ2) is 8.25. The summed E-state index contributed by atoms with van der Waals surface area (Å²) in [5.41, 5.74) is 3.50. The van der Waals surface area contributed by atoms with Gasteiger partial charge in [-0.1, -0.05) is 30.7 Å². The summed E-state index contributed by atoms with van der Waals surface area (Å²) in [5, 5.41) is 5.41. The van der Waals surface area contributed by atoms with Crippen molar-refractivity contribution in [1.29, 1.82) is 0 Å². The second-order valence-electron chi connectivity index (χ2n) is 7.82. The van der Waals surface area contributed by atoms with E-state index in [-0.39, 0.29) is 0 Å². The van der Waals surface area contributed by atoms with Crippen molar-refractivity contribution in [3.05, 3.63) is 75.9 Å². The van der Waals surface area contributed by atoms with Crippen LogP contribution in [0.1, 0.15) is 29.3 Å². The maximum Gasteiger partial charge on any atom is 0.142 e. The van der Waals surface area contributed by atoms with Crippen LogP contribution in [0.25, 0.3) is 10.2 Å². The third kappa shape index (κ3) is 4.00. The maximum atomic E-state index is 5.93. The van der Waals surface area contributed by atoms with E-state index < -0.39 is 0 Å². The Morgan fingerprint density at radius 2 is 1.90 bits per heavy atom. The summed E-state index contributed by atoms with van der Waals surface area (Å²) in [6, 6.07) is 15.7. The number of halogens is 1. The minimum atomic E-state index is 0.510. The highest BCUT2D eigenvalue weighted by Crippen LogP contribution is 2.40. The third-order valence-electron chi connectivity index (χ3n) is 5.53. The van der Waals surface area contributed by atoms with Gasteiger partial charge in [-0.3, -0.25) is 0 Å². The van der Waals surface area contributed by atoms with E-state index in [0.29, 0.717) is 6.61 Å². The third-order valence-corrected chi connectivity index (χ3v) is 6.94. The number of ether oxygens (including phenoxy) is 1. The molecule has 2 heterocycles. The number of rotatable bonds is 5. The van der Waals surface area contributed by atoms with Crippen LogP contribution in [-0.2, 0) is 19.4 Å². The van der Waals surface area contributed by atoms with Gasteiger partial charge in [-0.15, -0.1) is 11.3 Å². The van der Waals surface area contributed by atoms with Gasteiger partial charge in [0.1, 0.15) is 29.3 Å². The van der Waals surface area contributed by atoms with E-state index >= 15 is 0 Å². The fourth-order valence-corrected chi connectivity index (χ4v) is 5.36.